The number of halogens is 4. The third kappa shape index (κ3) is 3.05. The second-order valence-electron chi connectivity index (χ2n) is 5.84. The Bertz CT molecular complexity index is 1120. The summed E-state index contributed by atoms with van der Waals surface area (Å²) in [4.78, 5) is 12.7. The molecule has 5 nitrogen and oxygen atoms in total. The minimum Gasteiger partial charge on any atom is -0.323 e. The van der Waals surface area contributed by atoms with Gasteiger partial charge < -0.3 is 9.13 Å². The topological polar surface area (TPSA) is 48.5 Å². The van der Waals surface area contributed by atoms with Gasteiger partial charge in [-0.1, -0.05) is 0 Å². The highest BCUT2D eigenvalue weighted by Crippen LogP contribution is 2.25. The van der Waals surface area contributed by atoms with Gasteiger partial charge in [-0.15, -0.1) is 0 Å². The van der Waals surface area contributed by atoms with Gasteiger partial charge >= 0.3 is 0 Å². The van der Waals surface area contributed by atoms with Gasteiger partial charge in [-0.2, -0.15) is 0 Å². The van der Waals surface area contributed by atoms with Crippen LogP contribution in [0.2, 0.25) is 0 Å². The minimum absolute atomic E-state index is 0.0619. The standard InChI is InChI=1S/C18H13F4N5/c19-3-6-27-16(25-15-2-1-4-23-18(15)27)10-26-7-5-24-17(26)11-8-13(21)14(22)9-12(11)20/h1-2,4-5,7-9H,3,6,10H2. The zero-order valence-corrected chi connectivity index (χ0v) is 13.9. The van der Waals surface area contributed by atoms with E-state index in [1.165, 1.54) is 10.8 Å². The maximum absolute atomic E-state index is 14.1. The molecule has 9 heteroatoms. The van der Waals surface area contributed by atoms with Gasteiger partial charge in [0.25, 0.3) is 0 Å². The van der Waals surface area contributed by atoms with E-state index in [1.807, 2.05) is 0 Å². The van der Waals surface area contributed by atoms with Crippen molar-refractivity contribution in [2.24, 2.45) is 0 Å². The number of aryl methyl sites for hydroxylation is 1. The molecule has 3 heterocycles. The van der Waals surface area contributed by atoms with E-state index in [4.69, 9.17) is 0 Å². The van der Waals surface area contributed by atoms with Crippen LogP contribution in [0.15, 0.2) is 42.9 Å². The molecule has 0 bridgehead atoms. The van der Waals surface area contributed by atoms with Crippen LogP contribution in [0.3, 0.4) is 0 Å². The Labute approximate surface area is 150 Å². The predicted octanol–water partition coefficient (Wildman–Crippen LogP) is 3.73. The zero-order valence-electron chi connectivity index (χ0n) is 13.9. The molecule has 0 unspecified atom stereocenters. The molecule has 0 aliphatic rings. The fourth-order valence-electron chi connectivity index (χ4n) is 2.97. The molecule has 0 radical (unpaired) electrons. The molecule has 0 N–H and O–H groups in total. The quantitative estimate of drug-likeness (QED) is 0.395. The van der Waals surface area contributed by atoms with E-state index in [2.05, 4.69) is 15.0 Å². The minimum atomic E-state index is -1.27. The van der Waals surface area contributed by atoms with E-state index in [0.717, 1.165) is 6.07 Å². The maximum atomic E-state index is 14.1. The molecule has 0 atom stereocenters. The largest absolute Gasteiger partial charge is 0.323 e. The third-order valence-electron chi connectivity index (χ3n) is 4.17. The molecule has 138 valence electrons. The van der Waals surface area contributed by atoms with Gasteiger partial charge in [0.05, 0.1) is 18.7 Å². The Kier molecular flexibility index (Phi) is 4.35. The normalized spacial score (nSPS) is 11.4. The molecule has 4 rings (SSSR count). The van der Waals surface area contributed by atoms with Crippen molar-refractivity contribution in [3.05, 3.63) is 66.1 Å². The lowest BCUT2D eigenvalue weighted by Gasteiger charge is -2.10. The van der Waals surface area contributed by atoms with Crippen LogP contribution in [0.4, 0.5) is 17.6 Å². The van der Waals surface area contributed by atoms with E-state index in [0.29, 0.717) is 23.1 Å². The molecule has 0 aliphatic carbocycles. The zero-order chi connectivity index (χ0) is 19.0. The molecule has 3 aromatic heterocycles. The van der Waals surface area contributed by atoms with Crippen molar-refractivity contribution in [1.29, 1.82) is 0 Å². The van der Waals surface area contributed by atoms with Crippen molar-refractivity contribution in [2.45, 2.75) is 13.1 Å². The van der Waals surface area contributed by atoms with Gasteiger partial charge in [-0.05, 0) is 18.2 Å². The van der Waals surface area contributed by atoms with Gasteiger partial charge in [-0.3, -0.25) is 0 Å². The van der Waals surface area contributed by atoms with Gasteiger partial charge in [0.15, 0.2) is 17.3 Å². The number of nitrogens with zero attached hydrogens (tertiary/aromatic N) is 5. The predicted molar refractivity (Wildman–Crippen MR) is 90.1 cm³/mol. The van der Waals surface area contributed by atoms with E-state index in [9.17, 15) is 17.6 Å². The van der Waals surface area contributed by atoms with Crippen LogP contribution in [0.1, 0.15) is 5.82 Å². The Hall–Kier alpha value is -3.23. The van der Waals surface area contributed by atoms with Crippen LogP contribution in [0.5, 0.6) is 0 Å². The van der Waals surface area contributed by atoms with E-state index < -0.39 is 24.1 Å². The van der Waals surface area contributed by atoms with Crippen molar-refractivity contribution in [3.8, 4) is 11.4 Å². The average Bonchev–Trinajstić information content (AvgIpc) is 3.24. The first-order chi connectivity index (χ1) is 13.1. The van der Waals surface area contributed by atoms with Crippen LogP contribution in [0.25, 0.3) is 22.6 Å². The molecular weight excluding hydrogens is 362 g/mol. The molecule has 27 heavy (non-hydrogen) atoms. The number of imidazole rings is 2. The summed E-state index contributed by atoms with van der Waals surface area (Å²) < 4.78 is 57.1. The summed E-state index contributed by atoms with van der Waals surface area (Å²) in [5, 5.41) is 0. The number of aromatic nitrogens is 5. The second kappa shape index (κ2) is 6.82. The van der Waals surface area contributed by atoms with Crippen molar-refractivity contribution in [2.75, 3.05) is 6.67 Å². The Morgan fingerprint density at radius 1 is 0.963 bits per heavy atom. The number of fused-ring (bicyclic) bond motifs is 1. The molecule has 0 fully saturated rings. The molecule has 4 aromatic rings. The summed E-state index contributed by atoms with van der Waals surface area (Å²) >= 11 is 0. The van der Waals surface area contributed by atoms with Crippen LogP contribution < -0.4 is 0 Å². The van der Waals surface area contributed by atoms with E-state index in [1.54, 1.807) is 29.1 Å². The lowest BCUT2D eigenvalue weighted by molar-refractivity contribution is 0.441. The van der Waals surface area contributed by atoms with Crippen LogP contribution in [-0.4, -0.2) is 30.8 Å². The molecule has 0 aliphatic heterocycles. The first kappa shape index (κ1) is 17.2. The summed E-state index contributed by atoms with van der Waals surface area (Å²) in [5.74, 6) is -2.78. The number of hydrogen-bond donors (Lipinski definition) is 0. The van der Waals surface area contributed by atoms with E-state index >= 15 is 0 Å². The molecule has 0 amide bonds. The van der Waals surface area contributed by atoms with Gasteiger partial charge in [0.1, 0.15) is 29.7 Å². The highest BCUT2D eigenvalue weighted by molar-refractivity contribution is 5.71. The SMILES string of the molecule is FCCn1c(Cn2ccnc2-c2cc(F)c(F)cc2F)nc2cccnc21. The first-order valence-corrected chi connectivity index (χ1v) is 8.10. The smallest absolute Gasteiger partial charge is 0.161 e. The summed E-state index contributed by atoms with van der Waals surface area (Å²) in [6.07, 6.45) is 4.56. The van der Waals surface area contributed by atoms with Gasteiger partial charge in [0.2, 0.25) is 0 Å². The first-order valence-electron chi connectivity index (χ1n) is 8.10. The van der Waals surface area contributed by atoms with Crippen molar-refractivity contribution in [1.82, 2.24) is 24.1 Å². The summed E-state index contributed by atoms with van der Waals surface area (Å²) in [6.45, 7) is -0.417. The third-order valence-corrected chi connectivity index (χ3v) is 4.17. The molecular formula is C18H13F4N5. The molecule has 0 spiro atoms. The summed E-state index contributed by atoms with van der Waals surface area (Å²) in [5.41, 5.74) is 0.956. The average molecular weight is 375 g/mol. The fraction of sp³-hybridized carbons (Fsp3) is 0.167. The Morgan fingerprint density at radius 3 is 2.59 bits per heavy atom. The molecule has 0 saturated heterocycles. The maximum Gasteiger partial charge on any atom is 0.161 e. The van der Waals surface area contributed by atoms with Gasteiger partial charge in [-0.25, -0.2) is 32.5 Å². The number of hydrogen-bond acceptors (Lipinski definition) is 3. The lowest BCUT2D eigenvalue weighted by atomic mass is 10.2. The molecule has 0 saturated carbocycles. The summed E-state index contributed by atoms with van der Waals surface area (Å²) in [6, 6.07) is 4.71. The van der Waals surface area contributed by atoms with Crippen molar-refractivity contribution >= 4 is 11.2 Å². The Morgan fingerprint density at radius 2 is 1.78 bits per heavy atom. The lowest BCUT2D eigenvalue weighted by Crippen LogP contribution is -2.11. The summed E-state index contributed by atoms with van der Waals surface area (Å²) in [7, 11) is 0. The number of pyridine rings is 1. The number of benzene rings is 1. The van der Waals surface area contributed by atoms with Gasteiger partial charge in [0, 0.05) is 24.7 Å². The van der Waals surface area contributed by atoms with Crippen LogP contribution in [0, 0.1) is 17.5 Å². The monoisotopic (exact) mass is 375 g/mol. The Balaban J connectivity index is 1.78. The van der Waals surface area contributed by atoms with Crippen LogP contribution in [-0.2, 0) is 13.1 Å². The fourth-order valence-corrected chi connectivity index (χ4v) is 2.97. The van der Waals surface area contributed by atoms with Crippen molar-refractivity contribution < 1.29 is 17.6 Å². The molecule has 1 aromatic carbocycles. The second-order valence-corrected chi connectivity index (χ2v) is 5.84. The number of rotatable bonds is 5. The number of alkyl halides is 1. The van der Waals surface area contributed by atoms with E-state index in [-0.39, 0.29) is 24.5 Å². The highest BCUT2D eigenvalue weighted by Gasteiger charge is 2.18. The van der Waals surface area contributed by atoms with Crippen molar-refractivity contribution in [3.63, 3.8) is 0 Å². The highest BCUT2D eigenvalue weighted by atomic mass is 19.2. The van der Waals surface area contributed by atoms with Crippen LogP contribution >= 0.6 is 0 Å².